The van der Waals surface area contributed by atoms with Crippen LogP contribution in [0, 0.1) is 0 Å². The highest BCUT2D eigenvalue weighted by atomic mass is 15.4. The Bertz CT molecular complexity index is 181. The van der Waals surface area contributed by atoms with Gasteiger partial charge in [-0.15, -0.1) is 5.10 Å². The number of guanidine groups is 1. The zero-order valence-electron chi connectivity index (χ0n) is 8.40. The van der Waals surface area contributed by atoms with Crippen molar-refractivity contribution < 1.29 is 0 Å². The number of nitrogens with two attached hydrogens (primary N) is 2. The Kier molecular flexibility index (Phi) is 3.36. The standard InChI is InChI=1S/C8H19N5/c1-7(2)12-3-5-13(6-4-12)8(9)11-10/h7H,3-6,10H2,1-2H3,(H2,9,11). The fourth-order valence-corrected chi connectivity index (χ4v) is 1.55. The Morgan fingerprint density at radius 1 is 1.23 bits per heavy atom. The molecule has 5 nitrogen and oxygen atoms in total. The second-order valence-electron chi connectivity index (χ2n) is 3.60. The molecule has 0 spiro atoms. The first-order chi connectivity index (χ1) is 6.15. The lowest BCUT2D eigenvalue weighted by Gasteiger charge is -2.37. The van der Waals surface area contributed by atoms with E-state index in [-0.39, 0.29) is 0 Å². The van der Waals surface area contributed by atoms with Gasteiger partial charge in [0.15, 0.2) is 0 Å². The molecule has 0 saturated carbocycles. The molecule has 0 atom stereocenters. The lowest BCUT2D eigenvalue weighted by molar-refractivity contribution is 0.148. The minimum Gasteiger partial charge on any atom is -0.368 e. The third kappa shape index (κ3) is 2.48. The van der Waals surface area contributed by atoms with Crippen LogP contribution in [0.3, 0.4) is 0 Å². The van der Waals surface area contributed by atoms with Gasteiger partial charge in [0, 0.05) is 32.2 Å². The van der Waals surface area contributed by atoms with Crippen molar-refractivity contribution >= 4 is 5.96 Å². The van der Waals surface area contributed by atoms with Crippen LogP contribution < -0.4 is 11.6 Å². The van der Waals surface area contributed by atoms with Crippen molar-refractivity contribution in [2.24, 2.45) is 16.7 Å². The highest BCUT2D eigenvalue weighted by Crippen LogP contribution is 2.04. The summed E-state index contributed by atoms with van der Waals surface area (Å²) >= 11 is 0. The quantitative estimate of drug-likeness (QED) is 0.243. The van der Waals surface area contributed by atoms with E-state index in [1.807, 2.05) is 4.90 Å². The largest absolute Gasteiger partial charge is 0.368 e. The van der Waals surface area contributed by atoms with Crippen LogP contribution in [0.2, 0.25) is 0 Å². The Morgan fingerprint density at radius 2 is 1.77 bits per heavy atom. The number of piperazine rings is 1. The van der Waals surface area contributed by atoms with E-state index in [0.717, 1.165) is 26.2 Å². The molecular weight excluding hydrogens is 166 g/mol. The molecule has 1 rings (SSSR count). The molecule has 5 heteroatoms. The second kappa shape index (κ2) is 4.32. The molecule has 13 heavy (non-hydrogen) atoms. The van der Waals surface area contributed by atoms with Crippen LogP contribution in [0.1, 0.15) is 13.8 Å². The van der Waals surface area contributed by atoms with Gasteiger partial charge >= 0.3 is 0 Å². The third-order valence-corrected chi connectivity index (χ3v) is 2.50. The average molecular weight is 185 g/mol. The van der Waals surface area contributed by atoms with Crippen molar-refractivity contribution in [2.45, 2.75) is 19.9 Å². The van der Waals surface area contributed by atoms with Gasteiger partial charge in [-0.1, -0.05) is 0 Å². The van der Waals surface area contributed by atoms with Crippen LogP contribution in [0.25, 0.3) is 0 Å². The Labute approximate surface area is 79.4 Å². The lowest BCUT2D eigenvalue weighted by atomic mass is 10.2. The van der Waals surface area contributed by atoms with Crippen molar-refractivity contribution in [3.63, 3.8) is 0 Å². The molecule has 0 aromatic heterocycles. The molecule has 0 unspecified atom stereocenters. The molecule has 0 aliphatic carbocycles. The number of hydrazone groups is 1. The molecule has 0 aromatic carbocycles. The van der Waals surface area contributed by atoms with Crippen LogP contribution >= 0.6 is 0 Å². The summed E-state index contributed by atoms with van der Waals surface area (Å²) in [5, 5.41) is 3.48. The number of hydrogen-bond donors (Lipinski definition) is 2. The fourth-order valence-electron chi connectivity index (χ4n) is 1.55. The van der Waals surface area contributed by atoms with Gasteiger partial charge in [-0.05, 0) is 13.8 Å². The van der Waals surface area contributed by atoms with Crippen LogP contribution in [0.5, 0.6) is 0 Å². The Morgan fingerprint density at radius 3 is 2.15 bits per heavy atom. The summed E-state index contributed by atoms with van der Waals surface area (Å²) in [6, 6.07) is 0.609. The molecule has 0 radical (unpaired) electrons. The maximum Gasteiger partial charge on any atom is 0.213 e. The summed E-state index contributed by atoms with van der Waals surface area (Å²) < 4.78 is 0. The predicted octanol–water partition coefficient (Wildman–Crippen LogP) is -0.799. The van der Waals surface area contributed by atoms with Crippen molar-refractivity contribution in [2.75, 3.05) is 26.2 Å². The lowest BCUT2D eigenvalue weighted by Crippen LogP contribution is -2.52. The van der Waals surface area contributed by atoms with E-state index in [9.17, 15) is 0 Å². The summed E-state index contributed by atoms with van der Waals surface area (Å²) in [5.41, 5.74) is 5.60. The summed E-state index contributed by atoms with van der Waals surface area (Å²) in [4.78, 5) is 4.43. The molecule has 4 N–H and O–H groups in total. The second-order valence-corrected chi connectivity index (χ2v) is 3.60. The van der Waals surface area contributed by atoms with Gasteiger partial charge in [0.25, 0.3) is 0 Å². The van der Waals surface area contributed by atoms with E-state index in [0.29, 0.717) is 12.0 Å². The number of rotatable bonds is 1. The predicted molar refractivity (Wildman–Crippen MR) is 54.1 cm³/mol. The molecule has 1 aliphatic heterocycles. The Balaban J connectivity index is 2.39. The van der Waals surface area contributed by atoms with E-state index in [2.05, 4.69) is 23.8 Å². The first kappa shape index (κ1) is 10.1. The summed E-state index contributed by atoms with van der Waals surface area (Å²) in [7, 11) is 0. The van der Waals surface area contributed by atoms with Crippen LogP contribution in [0.15, 0.2) is 5.10 Å². The van der Waals surface area contributed by atoms with Crippen molar-refractivity contribution in [1.82, 2.24) is 9.80 Å². The summed E-state index contributed by atoms with van der Waals surface area (Å²) in [6.45, 7) is 8.32. The van der Waals surface area contributed by atoms with E-state index >= 15 is 0 Å². The van der Waals surface area contributed by atoms with Crippen molar-refractivity contribution in [3.05, 3.63) is 0 Å². The van der Waals surface area contributed by atoms with Gasteiger partial charge in [-0.2, -0.15) is 0 Å². The van der Waals surface area contributed by atoms with E-state index in [1.54, 1.807) is 0 Å². The minimum absolute atomic E-state index is 0.448. The number of nitrogens with zero attached hydrogens (tertiary/aromatic N) is 3. The summed E-state index contributed by atoms with van der Waals surface area (Å²) in [6.07, 6.45) is 0. The zero-order chi connectivity index (χ0) is 9.84. The van der Waals surface area contributed by atoms with Crippen molar-refractivity contribution in [3.8, 4) is 0 Å². The highest BCUT2D eigenvalue weighted by Gasteiger charge is 2.19. The number of hydrogen-bond acceptors (Lipinski definition) is 3. The van der Waals surface area contributed by atoms with Gasteiger partial charge in [-0.25, -0.2) is 0 Å². The highest BCUT2D eigenvalue weighted by molar-refractivity contribution is 5.77. The molecule has 1 heterocycles. The topological polar surface area (TPSA) is 70.9 Å². The van der Waals surface area contributed by atoms with E-state index in [1.165, 1.54) is 0 Å². The fraction of sp³-hybridized carbons (Fsp3) is 0.875. The molecular formula is C8H19N5. The summed E-state index contributed by atoms with van der Waals surface area (Å²) in [5.74, 6) is 5.55. The zero-order valence-corrected chi connectivity index (χ0v) is 8.40. The molecule has 1 fully saturated rings. The minimum atomic E-state index is 0.448. The smallest absolute Gasteiger partial charge is 0.213 e. The maximum atomic E-state index is 5.60. The van der Waals surface area contributed by atoms with Gasteiger partial charge in [0.2, 0.25) is 5.96 Å². The SMILES string of the molecule is CC(C)N1CCN(C(N)=NN)CC1. The van der Waals surface area contributed by atoms with Gasteiger partial charge in [0.1, 0.15) is 0 Å². The van der Waals surface area contributed by atoms with Gasteiger partial charge < -0.3 is 16.5 Å². The van der Waals surface area contributed by atoms with Crippen LogP contribution in [-0.2, 0) is 0 Å². The molecule has 1 aliphatic rings. The normalized spacial score (nSPS) is 21.2. The van der Waals surface area contributed by atoms with Crippen LogP contribution in [-0.4, -0.2) is 48.0 Å². The van der Waals surface area contributed by atoms with E-state index < -0.39 is 0 Å². The molecule has 0 amide bonds. The van der Waals surface area contributed by atoms with Crippen LogP contribution in [0.4, 0.5) is 0 Å². The monoisotopic (exact) mass is 185 g/mol. The Hall–Kier alpha value is -0.970. The first-order valence-electron chi connectivity index (χ1n) is 4.67. The first-order valence-corrected chi connectivity index (χ1v) is 4.67. The third-order valence-electron chi connectivity index (χ3n) is 2.50. The molecule has 76 valence electrons. The molecule has 1 saturated heterocycles. The molecule has 0 bridgehead atoms. The van der Waals surface area contributed by atoms with Gasteiger partial charge in [0.05, 0.1) is 0 Å². The maximum absolute atomic E-state index is 5.60. The van der Waals surface area contributed by atoms with E-state index in [4.69, 9.17) is 11.6 Å². The van der Waals surface area contributed by atoms with Crippen molar-refractivity contribution in [1.29, 1.82) is 0 Å². The molecule has 0 aromatic rings. The van der Waals surface area contributed by atoms with Gasteiger partial charge in [-0.3, -0.25) is 4.90 Å². The average Bonchev–Trinajstić information content (AvgIpc) is 2.17.